The van der Waals surface area contributed by atoms with Crippen molar-refractivity contribution in [2.45, 2.75) is 0 Å². The van der Waals surface area contributed by atoms with E-state index in [1.165, 1.54) is 0 Å². The van der Waals surface area contributed by atoms with Gasteiger partial charge < -0.3 is 5.11 Å². The summed E-state index contributed by atoms with van der Waals surface area (Å²) in [5.41, 5.74) is 7.76. The van der Waals surface area contributed by atoms with Gasteiger partial charge >= 0.3 is 5.97 Å². The fourth-order valence-electron chi connectivity index (χ4n) is 4.40. The first-order valence-corrected chi connectivity index (χ1v) is 10.9. The van der Waals surface area contributed by atoms with E-state index in [4.69, 9.17) is 0 Å². The number of rotatable bonds is 5. The van der Waals surface area contributed by atoms with E-state index >= 15 is 0 Å². The van der Waals surface area contributed by atoms with E-state index in [1.54, 1.807) is 0 Å². The van der Waals surface area contributed by atoms with E-state index < -0.39 is 5.97 Å². The molecular weight excluding hydrogens is 435 g/mol. The van der Waals surface area contributed by atoms with Gasteiger partial charge in [0.25, 0.3) is 0 Å². The summed E-state index contributed by atoms with van der Waals surface area (Å²) in [5.74, 6) is -0.942. The highest BCUT2D eigenvalue weighted by Crippen LogP contribution is 2.47. The van der Waals surface area contributed by atoms with Gasteiger partial charge in [-0.05, 0) is 45.0 Å². The van der Waals surface area contributed by atoms with Crippen molar-refractivity contribution in [2.24, 2.45) is 0 Å². The summed E-state index contributed by atoms with van der Waals surface area (Å²) in [4.78, 5) is 12.6. The van der Waals surface area contributed by atoms with Crippen LogP contribution in [0.1, 0.15) is 10.4 Å². The third kappa shape index (κ3) is 4.41. The fourth-order valence-corrected chi connectivity index (χ4v) is 4.40. The zero-order chi connectivity index (χ0) is 22.6. The van der Waals surface area contributed by atoms with Crippen LogP contribution in [0.15, 0.2) is 127 Å². The normalized spacial score (nSPS) is 10.4. The molecule has 0 aromatic heterocycles. The average molecular weight is 461 g/mol. The Kier molecular flexibility index (Phi) is 7.01. The lowest BCUT2D eigenvalue weighted by atomic mass is 9.80. The molecule has 0 radical (unpaired) electrons. The molecule has 0 amide bonds. The molecule has 0 fully saturated rings. The zero-order valence-electron chi connectivity index (χ0n) is 18.7. The number of hydrogen-bond acceptors (Lipinski definition) is 1. The van der Waals surface area contributed by atoms with Crippen LogP contribution in [0.25, 0.3) is 44.5 Å². The first-order valence-electron chi connectivity index (χ1n) is 10.9. The second-order valence-electron chi connectivity index (χ2n) is 7.87. The zero-order valence-corrected chi connectivity index (χ0v) is 20.1. The van der Waals surface area contributed by atoms with Gasteiger partial charge in [0.15, 0.2) is 0 Å². The van der Waals surface area contributed by atoms with Gasteiger partial charge in [-0.2, -0.15) is 9.90 Å². The summed E-state index contributed by atoms with van der Waals surface area (Å²) in [6.07, 6.45) is 0. The van der Waals surface area contributed by atoms with Crippen LogP contribution in [-0.2, 0) is 0 Å². The molecule has 0 aliphatic rings. The molecule has 1 atom stereocenters. The SMILES string of the molecule is O=C(O)c1cc(-c2ccccc2)c(-c2ccccc2)c(-c2ccccc2)c1-c1ccccc1.P. The summed E-state index contributed by atoms with van der Waals surface area (Å²) < 4.78 is 0. The van der Waals surface area contributed by atoms with Crippen molar-refractivity contribution < 1.29 is 9.90 Å². The molecular formula is C31H25O2P. The highest BCUT2D eigenvalue weighted by atomic mass is 31.0. The van der Waals surface area contributed by atoms with Crippen LogP contribution >= 0.6 is 9.90 Å². The molecule has 166 valence electrons. The number of carboxylic acid groups (broad SMARTS) is 1. The van der Waals surface area contributed by atoms with E-state index in [1.807, 2.05) is 103 Å². The van der Waals surface area contributed by atoms with Crippen LogP contribution in [0, 0.1) is 0 Å². The molecule has 0 spiro atoms. The Balaban J connectivity index is 0.00000274. The maximum absolute atomic E-state index is 12.6. The lowest BCUT2D eigenvalue weighted by Crippen LogP contribution is -2.05. The molecule has 1 unspecified atom stereocenters. The quantitative estimate of drug-likeness (QED) is 0.269. The molecule has 2 nitrogen and oxygen atoms in total. The Morgan fingerprint density at radius 1 is 0.471 bits per heavy atom. The number of aromatic carboxylic acids is 1. The van der Waals surface area contributed by atoms with Crippen LogP contribution in [0.2, 0.25) is 0 Å². The molecule has 5 rings (SSSR count). The standard InChI is InChI=1S/C31H22O2.H3P/c32-31(33)27-21-26(22-13-5-1-6-14-22)28(23-15-7-2-8-16-23)30(25-19-11-4-12-20-25)29(27)24-17-9-3-10-18-24;/h1-21H,(H,32,33);1H3. The summed E-state index contributed by atoms with van der Waals surface area (Å²) >= 11 is 0. The molecule has 0 bridgehead atoms. The van der Waals surface area contributed by atoms with E-state index in [2.05, 4.69) is 24.3 Å². The lowest BCUT2D eigenvalue weighted by Gasteiger charge is -2.22. The molecule has 3 heteroatoms. The molecule has 0 aliphatic heterocycles. The Hall–Kier alpha value is -4.00. The number of carboxylic acids is 1. The number of benzene rings is 5. The first-order chi connectivity index (χ1) is 16.2. The van der Waals surface area contributed by atoms with Crippen molar-refractivity contribution in [3.05, 3.63) is 133 Å². The average Bonchev–Trinajstić information content (AvgIpc) is 2.89. The van der Waals surface area contributed by atoms with Gasteiger partial charge in [-0.3, -0.25) is 0 Å². The third-order valence-electron chi connectivity index (χ3n) is 5.83. The van der Waals surface area contributed by atoms with Crippen molar-refractivity contribution in [1.82, 2.24) is 0 Å². The maximum Gasteiger partial charge on any atom is 0.336 e. The number of carbonyl (C=O) groups is 1. The highest BCUT2D eigenvalue weighted by molar-refractivity contribution is 6.92. The van der Waals surface area contributed by atoms with E-state index in [-0.39, 0.29) is 9.90 Å². The molecule has 5 aromatic rings. The van der Waals surface area contributed by atoms with Crippen molar-refractivity contribution in [3.8, 4) is 44.5 Å². The van der Waals surface area contributed by atoms with E-state index in [0.717, 1.165) is 44.5 Å². The van der Waals surface area contributed by atoms with Crippen molar-refractivity contribution >= 4 is 15.9 Å². The Bertz CT molecular complexity index is 1400. The van der Waals surface area contributed by atoms with Crippen LogP contribution < -0.4 is 0 Å². The van der Waals surface area contributed by atoms with Crippen molar-refractivity contribution in [1.29, 1.82) is 0 Å². The predicted molar refractivity (Wildman–Crippen MR) is 146 cm³/mol. The summed E-state index contributed by atoms with van der Waals surface area (Å²) in [5, 5.41) is 10.3. The molecule has 0 saturated carbocycles. The van der Waals surface area contributed by atoms with Gasteiger partial charge in [0.2, 0.25) is 0 Å². The van der Waals surface area contributed by atoms with Gasteiger partial charge in [-0.1, -0.05) is 121 Å². The van der Waals surface area contributed by atoms with E-state index in [9.17, 15) is 9.90 Å². The minimum absolute atomic E-state index is 0. The van der Waals surface area contributed by atoms with Crippen molar-refractivity contribution in [2.75, 3.05) is 0 Å². The van der Waals surface area contributed by atoms with Gasteiger partial charge in [-0.25, -0.2) is 4.79 Å². The topological polar surface area (TPSA) is 37.3 Å². The molecule has 0 aliphatic carbocycles. The molecule has 5 aromatic carbocycles. The smallest absolute Gasteiger partial charge is 0.336 e. The Morgan fingerprint density at radius 3 is 1.24 bits per heavy atom. The van der Waals surface area contributed by atoms with Crippen LogP contribution in [0.4, 0.5) is 0 Å². The molecule has 0 heterocycles. The summed E-state index contributed by atoms with van der Waals surface area (Å²) in [7, 11) is 0. The highest BCUT2D eigenvalue weighted by Gasteiger charge is 2.25. The lowest BCUT2D eigenvalue weighted by molar-refractivity contribution is 0.0698. The van der Waals surface area contributed by atoms with Gasteiger partial charge in [0.05, 0.1) is 5.56 Å². The van der Waals surface area contributed by atoms with Crippen LogP contribution in [0.3, 0.4) is 0 Å². The largest absolute Gasteiger partial charge is 0.478 e. The molecule has 34 heavy (non-hydrogen) atoms. The van der Waals surface area contributed by atoms with Gasteiger partial charge in [0, 0.05) is 5.56 Å². The Morgan fingerprint density at radius 2 is 0.824 bits per heavy atom. The van der Waals surface area contributed by atoms with Crippen LogP contribution in [-0.4, -0.2) is 11.1 Å². The van der Waals surface area contributed by atoms with E-state index in [0.29, 0.717) is 5.56 Å². The monoisotopic (exact) mass is 460 g/mol. The number of hydrogen-bond donors (Lipinski definition) is 1. The minimum atomic E-state index is -0.942. The second kappa shape index (κ2) is 10.3. The van der Waals surface area contributed by atoms with Gasteiger partial charge in [0.1, 0.15) is 0 Å². The van der Waals surface area contributed by atoms with Crippen LogP contribution in [0.5, 0.6) is 0 Å². The summed E-state index contributed by atoms with van der Waals surface area (Å²) in [6.45, 7) is 0. The minimum Gasteiger partial charge on any atom is -0.478 e. The predicted octanol–water partition coefficient (Wildman–Crippen LogP) is 8.11. The first kappa shape index (κ1) is 23.2. The Labute approximate surface area is 203 Å². The molecule has 1 N–H and O–H groups in total. The van der Waals surface area contributed by atoms with Gasteiger partial charge in [-0.15, -0.1) is 0 Å². The molecule has 0 saturated heterocycles. The third-order valence-corrected chi connectivity index (χ3v) is 5.83. The maximum atomic E-state index is 12.6. The van der Waals surface area contributed by atoms with Crippen molar-refractivity contribution in [3.63, 3.8) is 0 Å². The second-order valence-corrected chi connectivity index (χ2v) is 7.87. The fraction of sp³-hybridized carbons (Fsp3) is 0. The summed E-state index contributed by atoms with van der Waals surface area (Å²) in [6, 6.07) is 41.9.